The van der Waals surface area contributed by atoms with Gasteiger partial charge in [0.15, 0.2) is 0 Å². The summed E-state index contributed by atoms with van der Waals surface area (Å²) in [4.78, 5) is 2.42. The molecular formula is C67H48N2. The summed E-state index contributed by atoms with van der Waals surface area (Å²) in [6.45, 7) is 4.72. The third kappa shape index (κ3) is 6.71. The SMILES string of the molecule is CC1(C)c2ccccc2-c2ccc(N(c3ccc(-c4ccc5c(ccc6c5c(-c5ccccc5)c(-c5ccccc5)n6-c5ccccc5)c4)cc3)c3ccc(-c4cccc5ccccc45)cc3)cc21. The normalized spacial score (nSPS) is 12.6. The zero-order chi connectivity index (χ0) is 46.1. The van der Waals surface area contributed by atoms with Crippen LogP contribution in [-0.4, -0.2) is 4.57 Å². The van der Waals surface area contributed by atoms with Crippen LogP contribution in [0.3, 0.4) is 0 Å². The summed E-state index contributed by atoms with van der Waals surface area (Å²) in [5, 5.41) is 6.21. The lowest BCUT2D eigenvalue weighted by atomic mass is 9.82. The average molecular weight is 881 g/mol. The molecule has 0 radical (unpaired) electrons. The molecule has 1 aliphatic rings. The molecule has 1 aliphatic carbocycles. The highest BCUT2D eigenvalue weighted by atomic mass is 15.1. The third-order valence-electron chi connectivity index (χ3n) is 14.6. The predicted molar refractivity (Wildman–Crippen MR) is 292 cm³/mol. The van der Waals surface area contributed by atoms with E-state index >= 15 is 0 Å². The Bertz CT molecular complexity index is 3880. The zero-order valence-electron chi connectivity index (χ0n) is 38.6. The Hall–Kier alpha value is -8.72. The van der Waals surface area contributed by atoms with Crippen molar-refractivity contribution in [2.24, 2.45) is 0 Å². The summed E-state index contributed by atoms with van der Waals surface area (Å²) < 4.78 is 2.45. The molecule has 0 atom stereocenters. The van der Waals surface area contributed by atoms with Gasteiger partial charge in [0.25, 0.3) is 0 Å². The van der Waals surface area contributed by atoms with Gasteiger partial charge in [-0.05, 0) is 138 Å². The molecule has 13 rings (SSSR count). The first-order valence-corrected chi connectivity index (χ1v) is 24.0. The number of para-hydroxylation sites is 1. The van der Waals surface area contributed by atoms with Gasteiger partial charge in [-0.1, -0.05) is 208 Å². The molecular weight excluding hydrogens is 833 g/mol. The van der Waals surface area contributed by atoms with Gasteiger partial charge in [-0.15, -0.1) is 0 Å². The Kier molecular flexibility index (Phi) is 9.55. The number of fused-ring (bicyclic) bond motifs is 7. The van der Waals surface area contributed by atoms with Crippen LogP contribution in [0, 0.1) is 0 Å². The summed E-state index contributed by atoms with van der Waals surface area (Å²) in [6, 6.07) is 93.5. The smallest absolute Gasteiger partial charge is 0.0619 e. The van der Waals surface area contributed by atoms with Gasteiger partial charge in [-0.25, -0.2) is 0 Å². The van der Waals surface area contributed by atoms with E-state index in [1.165, 1.54) is 99.3 Å². The summed E-state index contributed by atoms with van der Waals surface area (Å²) in [7, 11) is 0. The molecule has 326 valence electrons. The molecule has 0 N–H and O–H groups in total. The van der Waals surface area contributed by atoms with Gasteiger partial charge in [-0.3, -0.25) is 0 Å². The summed E-state index contributed by atoms with van der Waals surface area (Å²) in [5.41, 5.74) is 20.6. The molecule has 12 aromatic rings. The Morgan fingerprint density at radius 3 is 1.68 bits per heavy atom. The molecule has 0 aliphatic heterocycles. The maximum absolute atomic E-state index is 2.45. The molecule has 1 heterocycles. The second-order valence-corrected chi connectivity index (χ2v) is 18.9. The molecule has 11 aromatic carbocycles. The van der Waals surface area contributed by atoms with Crippen molar-refractivity contribution < 1.29 is 0 Å². The molecule has 0 saturated carbocycles. The lowest BCUT2D eigenvalue weighted by Crippen LogP contribution is -2.16. The van der Waals surface area contributed by atoms with E-state index < -0.39 is 0 Å². The van der Waals surface area contributed by atoms with Crippen molar-refractivity contribution in [2.75, 3.05) is 4.90 Å². The van der Waals surface area contributed by atoms with Crippen molar-refractivity contribution in [3.63, 3.8) is 0 Å². The van der Waals surface area contributed by atoms with Crippen LogP contribution in [0.25, 0.3) is 93.9 Å². The van der Waals surface area contributed by atoms with Crippen LogP contribution >= 0.6 is 0 Å². The van der Waals surface area contributed by atoms with Crippen LogP contribution in [0.15, 0.2) is 255 Å². The fraction of sp³-hybridized carbons (Fsp3) is 0.0448. The minimum atomic E-state index is -0.119. The van der Waals surface area contributed by atoms with Crippen LogP contribution in [0.2, 0.25) is 0 Å². The molecule has 0 amide bonds. The number of nitrogens with zero attached hydrogens (tertiary/aromatic N) is 2. The first-order chi connectivity index (χ1) is 34.0. The van der Waals surface area contributed by atoms with E-state index in [1.54, 1.807) is 0 Å². The number of hydrogen-bond donors (Lipinski definition) is 0. The van der Waals surface area contributed by atoms with Crippen LogP contribution < -0.4 is 4.90 Å². The highest BCUT2D eigenvalue weighted by molar-refractivity contribution is 6.19. The van der Waals surface area contributed by atoms with Gasteiger partial charge >= 0.3 is 0 Å². The van der Waals surface area contributed by atoms with Crippen molar-refractivity contribution in [3.8, 4) is 61.5 Å². The molecule has 0 unspecified atom stereocenters. The van der Waals surface area contributed by atoms with Crippen LogP contribution in [-0.2, 0) is 5.41 Å². The summed E-state index contributed by atoms with van der Waals surface area (Å²) in [6.07, 6.45) is 0. The standard InChI is InChI=1S/C67H48N2/c1-67(2)61-28-15-14-26-59(61)60-41-39-55(44-62(60)67)68(54-37-31-47(32-38-54)57-27-16-22-46-17-12-13-25-56(46)57)53-35-29-45(30-36-53)50-33-40-58-51(43-50)34-42-63-65(58)64(48-18-6-3-7-19-48)66(49-20-8-4-9-21-49)69(63)52-23-10-5-11-24-52/h3-44H,1-2H3. The molecule has 0 fully saturated rings. The number of aromatic nitrogens is 1. The van der Waals surface area contributed by atoms with Crippen molar-refractivity contribution in [3.05, 3.63) is 266 Å². The molecule has 2 heteroatoms. The largest absolute Gasteiger partial charge is 0.310 e. The second kappa shape index (κ2) is 16.3. The molecule has 0 saturated heterocycles. The van der Waals surface area contributed by atoms with Crippen molar-refractivity contribution in [1.29, 1.82) is 0 Å². The Balaban J connectivity index is 0.928. The summed E-state index contributed by atoms with van der Waals surface area (Å²) in [5.74, 6) is 0. The van der Waals surface area contributed by atoms with Crippen molar-refractivity contribution in [2.45, 2.75) is 19.3 Å². The Morgan fingerprint density at radius 2 is 0.928 bits per heavy atom. The number of hydrogen-bond acceptors (Lipinski definition) is 1. The highest BCUT2D eigenvalue weighted by Gasteiger charge is 2.36. The predicted octanol–water partition coefficient (Wildman–Crippen LogP) is 18.4. The van der Waals surface area contributed by atoms with E-state index in [4.69, 9.17) is 0 Å². The summed E-state index contributed by atoms with van der Waals surface area (Å²) >= 11 is 0. The number of rotatable bonds is 8. The lowest BCUT2D eigenvalue weighted by Gasteiger charge is -2.28. The van der Waals surface area contributed by atoms with E-state index in [0.29, 0.717) is 0 Å². The minimum absolute atomic E-state index is 0.119. The Morgan fingerprint density at radius 1 is 0.348 bits per heavy atom. The highest BCUT2D eigenvalue weighted by Crippen LogP contribution is 2.51. The van der Waals surface area contributed by atoms with E-state index in [9.17, 15) is 0 Å². The van der Waals surface area contributed by atoms with Gasteiger partial charge in [0.2, 0.25) is 0 Å². The molecule has 1 aromatic heterocycles. The van der Waals surface area contributed by atoms with Gasteiger partial charge in [0.05, 0.1) is 11.2 Å². The van der Waals surface area contributed by atoms with Crippen molar-refractivity contribution in [1.82, 2.24) is 4.57 Å². The lowest BCUT2D eigenvalue weighted by molar-refractivity contribution is 0.660. The quantitative estimate of drug-likeness (QED) is 0.148. The Labute approximate surface area is 403 Å². The second-order valence-electron chi connectivity index (χ2n) is 18.9. The molecule has 0 bridgehead atoms. The molecule has 0 spiro atoms. The third-order valence-corrected chi connectivity index (χ3v) is 14.6. The average Bonchev–Trinajstić information content (AvgIpc) is 3.88. The zero-order valence-corrected chi connectivity index (χ0v) is 38.6. The van der Waals surface area contributed by atoms with Gasteiger partial charge < -0.3 is 9.47 Å². The van der Waals surface area contributed by atoms with Gasteiger partial charge in [0.1, 0.15) is 0 Å². The van der Waals surface area contributed by atoms with E-state index in [1.807, 2.05) is 0 Å². The van der Waals surface area contributed by atoms with Crippen LogP contribution in [0.5, 0.6) is 0 Å². The van der Waals surface area contributed by atoms with E-state index in [-0.39, 0.29) is 5.41 Å². The number of benzene rings is 11. The molecule has 69 heavy (non-hydrogen) atoms. The number of anilines is 3. The topological polar surface area (TPSA) is 8.17 Å². The van der Waals surface area contributed by atoms with E-state index in [2.05, 4.69) is 278 Å². The fourth-order valence-corrected chi connectivity index (χ4v) is 11.2. The minimum Gasteiger partial charge on any atom is -0.310 e. The maximum Gasteiger partial charge on any atom is 0.0619 e. The van der Waals surface area contributed by atoms with E-state index in [0.717, 1.165) is 22.7 Å². The fourth-order valence-electron chi connectivity index (χ4n) is 11.2. The van der Waals surface area contributed by atoms with Crippen molar-refractivity contribution >= 4 is 49.5 Å². The first kappa shape index (κ1) is 40.5. The van der Waals surface area contributed by atoms with Gasteiger partial charge in [0, 0.05) is 39.1 Å². The van der Waals surface area contributed by atoms with Crippen LogP contribution in [0.1, 0.15) is 25.0 Å². The maximum atomic E-state index is 2.45. The van der Waals surface area contributed by atoms with Gasteiger partial charge in [-0.2, -0.15) is 0 Å². The monoisotopic (exact) mass is 880 g/mol. The molecule has 2 nitrogen and oxygen atoms in total. The first-order valence-electron chi connectivity index (χ1n) is 24.0. The van der Waals surface area contributed by atoms with Crippen LogP contribution in [0.4, 0.5) is 17.1 Å².